The van der Waals surface area contributed by atoms with Gasteiger partial charge in [-0.15, -0.1) is 24.8 Å². The highest BCUT2D eigenvalue weighted by Gasteiger charge is 2.14. The summed E-state index contributed by atoms with van der Waals surface area (Å²) >= 11 is 0. The van der Waals surface area contributed by atoms with Gasteiger partial charge in [0.25, 0.3) is 0 Å². The molecule has 0 bridgehead atoms. The summed E-state index contributed by atoms with van der Waals surface area (Å²) in [5.74, 6) is 0.350. The maximum Gasteiger partial charge on any atom is 0.145 e. The molecule has 1 aliphatic rings. The molecule has 0 spiro atoms. The molecule has 1 N–H and O–H groups in total. The predicted molar refractivity (Wildman–Crippen MR) is 72.5 cm³/mol. The summed E-state index contributed by atoms with van der Waals surface area (Å²) in [6.07, 6.45) is 0. The standard InChI is InChI=1S/C11H15FN2O.2ClH/c1-15-11-8-9(12)2-3-10(11)14-6-4-13-5-7-14;;/h2-3,8,13H,4-7H2,1H3;2*1H. The molecule has 0 radical (unpaired) electrons. The molecule has 1 aliphatic heterocycles. The lowest BCUT2D eigenvalue weighted by Gasteiger charge is -2.30. The number of hydrogen-bond acceptors (Lipinski definition) is 3. The first-order chi connectivity index (χ1) is 7.31. The maximum atomic E-state index is 13.0. The minimum absolute atomic E-state index is 0. The molecular formula is C11H17Cl2FN2O. The van der Waals surface area contributed by atoms with E-state index in [-0.39, 0.29) is 30.6 Å². The Hall–Kier alpha value is -0.710. The lowest BCUT2D eigenvalue weighted by atomic mass is 10.2. The molecule has 0 unspecified atom stereocenters. The lowest BCUT2D eigenvalue weighted by Crippen LogP contribution is -2.43. The Bertz CT molecular complexity index is 346. The number of nitrogens with one attached hydrogen (secondary N) is 1. The molecular weight excluding hydrogens is 266 g/mol. The van der Waals surface area contributed by atoms with Crippen LogP contribution in [0.5, 0.6) is 5.75 Å². The number of ether oxygens (including phenoxy) is 1. The van der Waals surface area contributed by atoms with E-state index in [2.05, 4.69) is 10.2 Å². The van der Waals surface area contributed by atoms with Crippen molar-refractivity contribution in [2.45, 2.75) is 0 Å². The van der Waals surface area contributed by atoms with Crippen molar-refractivity contribution in [3.8, 4) is 5.75 Å². The van der Waals surface area contributed by atoms with E-state index >= 15 is 0 Å². The Morgan fingerprint density at radius 3 is 2.47 bits per heavy atom. The van der Waals surface area contributed by atoms with Crippen LogP contribution in [0, 0.1) is 5.82 Å². The predicted octanol–water partition coefficient (Wildman–Crippen LogP) is 2.09. The van der Waals surface area contributed by atoms with E-state index in [1.54, 1.807) is 13.2 Å². The lowest BCUT2D eigenvalue weighted by molar-refractivity contribution is 0.409. The molecule has 0 aliphatic carbocycles. The highest BCUT2D eigenvalue weighted by molar-refractivity contribution is 5.85. The number of methoxy groups -OCH3 is 1. The van der Waals surface area contributed by atoms with E-state index in [4.69, 9.17) is 4.74 Å². The summed E-state index contributed by atoms with van der Waals surface area (Å²) in [6, 6.07) is 4.68. The number of anilines is 1. The number of rotatable bonds is 2. The summed E-state index contributed by atoms with van der Waals surface area (Å²) in [5, 5.41) is 3.28. The van der Waals surface area contributed by atoms with Gasteiger partial charge in [0, 0.05) is 32.2 Å². The molecule has 1 fully saturated rings. The van der Waals surface area contributed by atoms with Crippen LogP contribution in [-0.4, -0.2) is 33.3 Å². The number of nitrogens with zero attached hydrogens (tertiary/aromatic N) is 1. The topological polar surface area (TPSA) is 24.5 Å². The highest BCUT2D eigenvalue weighted by Crippen LogP contribution is 2.28. The minimum atomic E-state index is -0.259. The molecule has 0 amide bonds. The first kappa shape index (κ1) is 16.3. The molecule has 0 aromatic heterocycles. The fourth-order valence-corrected chi connectivity index (χ4v) is 1.82. The second kappa shape index (κ2) is 7.58. The van der Waals surface area contributed by atoms with Crippen LogP contribution in [0.3, 0.4) is 0 Å². The van der Waals surface area contributed by atoms with E-state index < -0.39 is 0 Å². The summed E-state index contributed by atoms with van der Waals surface area (Å²) in [4.78, 5) is 2.20. The molecule has 98 valence electrons. The third-order valence-corrected chi connectivity index (χ3v) is 2.60. The van der Waals surface area contributed by atoms with Gasteiger partial charge in [0.05, 0.1) is 12.8 Å². The van der Waals surface area contributed by atoms with Crippen LogP contribution in [0.1, 0.15) is 0 Å². The third kappa shape index (κ3) is 3.91. The Morgan fingerprint density at radius 2 is 1.88 bits per heavy atom. The average Bonchev–Trinajstić information content (AvgIpc) is 2.30. The zero-order valence-corrected chi connectivity index (χ0v) is 11.2. The Labute approximate surface area is 113 Å². The van der Waals surface area contributed by atoms with Gasteiger partial charge in [0.15, 0.2) is 0 Å². The van der Waals surface area contributed by atoms with E-state index in [0.717, 1.165) is 31.9 Å². The van der Waals surface area contributed by atoms with E-state index in [1.165, 1.54) is 12.1 Å². The largest absolute Gasteiger partial charge is 0.494 e. The summed E-state index contributed by atoms with van der Waals surface area (Å²) in [6.45, 7) is 3.78. The quantitative estimate of drug-likeness (QED) is 0.899. The fourth-order valence-electron chi connectivity index (χ4n) is 1.82. The normalized spacial score (nSPS) is 14.6. The van der Waals surface area contributed by atoms with Crippen LogP contribution in [0.25, 0.3) is 0 Å². The van der Waals surface area contributed by atoms with Crippen LogP contribution in [0.2, 0.25) is 0 Å². The summed E-state index contributed by atoms with van der Waals surface area (Å²) in [7, 11) is 1.57. The van der Waals surface area contributed by atoms with Gasteiger partial charge in [0.1, 0.15) is 11.6 Å². The number of hydrogen-bond donors (Lipinski definition) is 1. The number of halogens is 3. The van der Waals surface area contributed by atoms with Crippen molar-refractivity contribution in [1.29, 1.82) is 0 Å². The molecule has 17 heavy (non-hydrogen) atoms. The first-order valence-corrected chi connectivity index (χ1v) is 5.10. The van der Waals surface area contributed by atoms with E-state index in [0.29, 0.717) is 5.75 Å². The Kier molecular flexibility index (Phi) is 7.27. The van der Waals surface area contributed by atoms with Gasteiger partial charge in [-0.05, 0) is 12.1 Å². The van der Waals surface area contributed by atoms with Gasteiger partial charge < -0.3 is 15.0 Å². The average molecular weight is 283 g/mol. The molecule has 1 aromatic carbocycles. The minimum Gasteiger partial charge on any atom is -0.494 e. The van der Waals surface area contributed by atoms with Gasteiger partial charge in [-0.2, -0.15) is 0 Å². The monoisotopic (exact) mass is 282 g/mol. The van der Waals surface area contributed by atoms with Gasteiger partial charge >= 0.3 is 0 Å². The highest BCUT2D eigenvalue weighted by atomic mass is 35.5. The summed E-state index contributed by atoms with van der Waals surface area (Å²) in [5.41, 5.74) is 0.973. The second-order valence-corrected chi connectivity index (χ2v) is 3.55. The van der Waals surface area contributed by atoms with Crippen LogP contribution in [0.15, 0.2) is 18.2 Å². The van der Waals surface area contributed by atoms with Gasteiger partial charge in [-0.25, -0.2) is 4.39 Å². The van der Waals surface area contributed by atoms with Crippen molar-refractivity contribution in [1.82, 2.24) is 5.32 Å². The number of benzene rings is 1. The summed E-state index contributed by atoms with van der Waals surface area (Å²) < 4.78 is 18.2. The maximum absolute atomic E-state index is 13.0. The molecule has 0 atom stereocenters. The van der Waals surface area contributed by atoms with Crippen LogP contribution in [-0.2, 0) is 0 Å². The Morgan fingerprint density at radius 1 is 1.24 bits per heavy atom. The Balaban J connectivity index is 0.00000128. The van der Waals surface area contributed by atoms with Crippen molar-refractivity contribution < 1.29 is 9.13 Å². The van der Waals surface area contributed by atoms with Crippen LogP contribution in [0.4, 0.5) is 10.1 Å². The molecule has 1 saturated heterocycles. The SMILES string of the molecule is COc1cc(F)ccc1N1CCNCC1.Cl.Cl. The van der Waals surface area contributed by atoms with Gasteiger partial charge in [-0.1, -0.05) is 0 Å². The zero-order chi connectivity index (χ0) is 10.7. The molecule has 0 saturated carbocycles. The van der Waals surface area contributed by atoms with Crippen molar-refractivity contribution in [3.63, 3.8) is 0 Å². The van der Waals surface area contributed by atoms with Crippen molar-refractivity contribution in [2.75, 3.05) is 38.2 Å². The van der Waals surface area contributed by atoms with Crippen molar-refractivity contribution >= 4 is 30.5 Å². The van der Waals surface area contributed by atoms with Gasteiger partial charge in [0.2, 0.25) is 0 Å². The van der Waals surface area contributed by atoms with Gasteiger partial charge in [-0.3, -0.25) is 0 Å². The first-order valence-electron chi connectivity index (χ1n) is 5.10. The van der Waals surface area contributed by atoms with E-state index in [9.17, 15) is 4.39 Å². The fraction of sp³-hybridized carbons (Fsp3) is 0.455. The second-order valence-electron chi connectivity index (χ2n) is 3.55. The molecule has 6 heteroatoms. The van der Waals surface area contributed by atoms with Crippen molar-refractivity contribution in [3.05, 3.63) is 24.0 Å². The van der Waals surface area contributed by atoms with Crippen LogP contribution >= 0.6 is 24.8 Å². The molecule has 3 nitrogen and oxygen atoms in total. The third-order valence-electron chi connectivity index (χ3n) is 2.60. The smallest absolute Gasteiger partial charge is 0.145 e. The molecule has 1 heterocycles. The molecule has 1 aromatic rings. The van der Waals surface area contributed by atoms with Crippen molar-refractivity contribution in [2.24, 2.45) is 0 Å². The zero-order valence-electron chi connectivity index (χ0n) is 9.61. The van der Waals surface area contributed by atoms with Crippen LogP contribution < -0.4 is 15.0 Å². The van der Waals surface area contributed by atoms with E-state index in [1.807, 2.05) is 0 Å². The molecule has 2 rings (SSSR count). The number of piperazine rings is 1.